The molecule has 2 heterocycles. The lowest BCUT2D eigenvalue weighted by Crippen LogP contribution is -2.37. The number of guanidine groups is 2. The maximum absolute atomic E-state index is 13.2. The van der Waals surface area contributed by atoms with E-state index in [0.717, 1.165) is 86.3 Å². The molecule has 13 N–H and O–H groups in total. The molecule has 14 nitrogen and oxygen atoms in total. The minimum Gasteiger partial charge on any atom is -0.370 e. The normalized spacial score (nSPS) is 20.4. The van der Waals surface area contributed by atoms with Crippen LogP contribution in [0, 0.1) is 34.5 Å². The molecular formula is C37H49N11O3. The van der Waals surface area contributed by atoms with Crippen molar-refractivity contribution in [2.45, 2.75) is 51.4 Å². The van der Waals surface area contributed by atoms with Crippen LogP contribution in [0.2, 0.25) is 0 Å². The Hall–Kier alpha value is -5.53. The van der Waals surface area contributed by atoms with Crippen LogP contribution >= 0.6 is 0 Å². The smallest absolute Gasteiger partial charge is 0.267 e. The van der Waals surface area contributed by atoms with Crippen molar-refractivity contribution in [1.29, 1.82) is 10.8 Å². The molecule has 2 aliphatic rings. The molecular weight excluding hydrogens is 646 g/mol. The van der Waals surface area contributed by atoms with Gasteiger partial charge < -0.3 is 48.0 Å². The molecule has 0 saturated heterocycles. The number of hydrogen-bond donors (Lipinski definition) is 11. The van der Waals surface area contributed by atoms with Gasteiger partial charge in [0.25, 0.3) is 17.7 Å². The molecule has 270 valence electrons. The number of carbonyl (C=O) groups excluding carboxylic acids is 3. The molecule has 6 rings (SSSR count). The van der Waals surface area contributed by atoms with Gasteiger partial charge in [-0.1, -0.05) is 0 Å². The Kier molecular flexibility index (Phi) is 11.1. The monoisotopic (exact) mass is 695 g/mol. The van der Waals surface area contributed by atoms with Crippen molar-refractivity contribution < 1.29 is 14.4 Å². The standard InChI is InChI=1S/C37H49N11O3/c38-36(39)44-19-23-5-1-21(2-6-23)17-42-34(50)31-15-26-13-25(9-11-29(26)47-31)33(49)46-28-10-12-30-27(14-28)16-32(48-30)35(51)43-18-22-3-7-24(8-4-22)20-45-37(40)41/h9-16,21-24,47-48H,1-8,17-20H2,(H,42,50)(H,43,51)(H,46,49)(H4,38,39,44)(H4,40,41,45). The summed E-state index contributed by atoms with van der Waals surface area (Å²) in [5, 5.41) is 31.1. The highest BCUT2D eigenvalue weighted by Gasteiger charge is 2.24. The molecule has 4 aromatic rings. The van der Waals surface area contributed by atoms with Crippen LogP contribution in [0.1, 0.15) is 82.7 Å². The third-order valence-corrected chi connectivity index (χ3v) is 10.4. The van der Waals surface area contributed by atoms with Gasteiger partial charge in [0.05, 0.1) is 0 Å². The number of carbonyl (C=O) groups is 3. The van der Waals surface area contributed by atoms with Gasteiger partial charge in [-0.05, 0) is 124 Å². The first-order valence-corrected chi connectivity index (χ1v) is 17.9. The Bertz CT molecular complexity index is 1900. The lowest BCUT2D eigenvalue weighted by atomic mass is 9.82. The van der Waals surface area contributed by atoms with E-state index in [-0.39, 0.29) is 29.6 Å². The largest absolute Gasteiger partial charge is 0.370 e. The molecule has 2 saturated carbocycles. The molecule has 0 unspecified atom stereocenters. The fourth-order valence-electron chi connectivity index (χ4n) is 7.38. The number of anilines is 1. The number of aromatic nitrogens is 2. The van der Waals surface area contributed by atoms with E-state index in [4.69, 9.17) is 22.3 Å². The lowest BCUT2D eigenvalue weighted by molar-refractivity contribution is 0.0929. The number of nitrogens with one attached hydrogen (secondary N) is 9. The number of nitrogens with two attached hydrogens (primary N) is 2. The van der Waals surface area contributed by atoms with E-state index >= 15 is 0 Å². The molecule has 0 aliphatic heterocycles. The molecule has 2 fully saturated rings. The van der Waals surface area contributed by atoms with E-state index in [1.54, 1.807) is 36.4 Å². The number of benzene rings is 2. The van der Waals surface area contributed by atoms with Gasteiger partial charge in [0.15, 0.2) is 11.9 Å². The van der Waals surface area contributed by atoms with E-state index in [1.807, 2.05) is 12.1 Å². The molecule has 0 atom stereocenters. The summed E-state index contributed by atoms with van der Waals surface area (Å²) in [5.41, 5.74) is 14.3. The predicted molar refractivity (Wildman–Crippen MR) is 200 cm³/mol. The van der Waals surface area contributed by atoms with Crippen LogP contribution in [-0.2, 0) is 0 Å². The van der Waals surface area contributed by atoms with Gasteiger partial charge in [0.2, 0.25) is 0 Å². The summed E-state index contributed by atoms with van der Waals surface area (Å²) >= 11 is 0. The van der Waals surface area contributed by atoms with Crippen LogP contribution in [0.15, 0.2) is 48.5 Å². The third-order valence-electron chi connectivity index (χ3n) is 10.4. The second-order valence-electron chi connectivity index (χ2n) is 14.2. The van der Waals surface area contributed by atoms with E-state index in [0.29, 0.717) is 59.4 Å². The highest BCUT2D eigenvalue weighted by molar-refractivity contribution is 6.08. The van der Waals surface area contributed by atoms with E-state index in [9.17, 15) is 14.4 Å². The number of H-pyrrole nitrogens is 2. The Morgan fingerprint density at radius 1 is 0.569 bits per heavy atom. The van der Waals surface area contributed by atoms with Crippen molar-refractivity contribution in [2.24, 2.45) is 35.1 Å². The lowest BCUT2D eigenvalue weighted by Gasteiger charge is -2.28. The zero-order valence-electron chi connectivity index (χ0n) is 28.8. The van der Waals surface area contributed by atoms with Gasteiger partial charge in [-0.25, -0.2) is 0 Å². The minimum absolute atomic E-state index is 0.00462. The fourth-order valence-corrected chi connectivity index (χ4v) is 7.38. The zero-order chi connectivity index (χ0) is 35.9. The molecule has 2 aromatic heterocycles. The number of hydrogen-bond acceptors (Lipinski definition) is 5. The zero-order valence-corrected chi connectivity index (χ0v) is 28.8. The van der Waals surface area contributed by atoms with Crippen LogP contribution in [0.25, 0.3) is 21.8 Å². The van der Waals surface area contributed by atoms with Crippen molar-refractivity contribution >= 4 is 57.1 Å². The van der Waals surface area contributed by atoms with Crippen molar-refractivity contribution in [2.75, 3.05) is 31.5 Å². The fraction of sp³-hybridized carbons (Fsp3) is 0.432. The average molecular weight is 696 g/mol. The topological polar surface area (TPSA) is 243 Å². The summed E-state index contributed by atoms with van der Waals surface area (Å²) in [4.78, 5) is 45.5. The van der Waals surface area contributed by atoms with Gasteiger partial charge in [-0.3, -0.25) is 25.2 Å². The van der Waals surface area contributed by atoms with Crippen molar-refractivity contribution in [3.63, 3.8) is 0 Å². The average Bonchev–Trinajstić information content (AvgIpc) is 3.76. The molecule has 0 bridgehead atoms. The first-order chi connectivity index (χ1) is 24.6. The molecule has 2 aromatic carbocycles. The maximum Gasteiger partial charge on any atom is 0.267 e. The Morgan fingerprint density at radius 2 is 0.980 bits per heavy atom. The van der Waals surface area contributed by atoms with Crippen LogP contribution in [-0.4, -0.2) is 65.8 Å². The molecule has 0 radical (unpaired) electrons. The van der Waals surface area contributed by atoms with Crippen LogP contribution in [0.3, 0.4) is 0 Å². The van der Waals surface area contributed by atoms with Gasteiger partial charge in [0.1, 0.15) is 11.4 Å². The summed E-state index contributed by atoms with van der Waals surface area (Å²) in [6.45, 7) is 2.67. The van der Waals surface area contributed by atoms with Crippen LogP contribution < -0.4 is 38.1 Å². The second kappa shape index (κ2) is 16.0. The van der Waals surface area contributed by atoms with Gasteiger partial charge in [-0.15, -0.1) is 0 Å². The molecule has 2 aliphatic carbocycles. The summed E-state index contributed by atoms with van der Waals surface area (Å²) in [5.74, 6) is 1.24. The summed E-state index contributed by atoms with van der Waals surface area (Å²) < 4.78 is 0. The molecule has 14 heteroatoms. The second-order valence-corrected chi connectivity index (χ2v) is 14.2. The molecule has 0 spiro atoms. The number of aromatic amines is 2. The number of rotatable bonds is 12. The van der Waals surface area contributed by atoms with E-state index in [1.165, 1.54) is 0 Å². The number of fused-ring (bicyclic) bond motifs is 2. The quantitative estimate of drug-likeness (QED) is 0.0769. The van der Waals surface area contributed by atoms with Crippen LogP contribution in [0.4, 0.5) is 5.69 Å². The molecule has 3 amide bonds. The first kappa shape index (κ1) is 35.3. The third kappa shape index (κ3) is 9.38. The number of amides is 3. The molecule has 51 heavy (non-hydrogen) atoms. The van der Waals surface area contributed by atoms with Crippen molar-refractivity contribution in [3.8, 4) is 0 Å². The van der Waals surface area contributed by atoms with Gasteiger partial charge in [-0.2, -0.15) is 0 Å². The van der Waals surface area contributed by atoms with Crippen LogP contribution in [0.5, 0.6) is 0 Å². The maximum atomic E-state index is 13.2. The Morgan fingerprint density at radius 3 is 1.43 bits per heavy atom. The van der Waals surface area contributed by atoms with Gasteiger partial charge >= 0.3 is 0 Å². The highest BCUT2D eigenvalue weighted by atomic mass is 16.2. The summed E-state index contributed by atoms with van der Waals surface area (Å²) in [6.07, 6.45) is 8.28. The summed E-state index contributed by atoms with van der Waals surface area (Å²) in [7, 11) is 0. The SMILES string of the molecule is N=C(N)NCC1CCC(CNC(=O)c2cc3cc(NC(=O)c4ccc5[nH]c(C(=O)NCC6CCC(CNC(=N)N)CC6)cc5c4)ccc3[nH]2)CC1. The first-order valence-electron chi connectivity index (χ1n) is 17.9. The summed E-state index contributed by atoms with van der Waals surface area (Å²) in [6, 6.07) is 14.3. The van der Waals surface area contributed by atoms with Crippen molar-refractivity contribution in [1.82, 2.24) is 31.2 Å². The van der Waals surface area contributed by atoms with Crippen molar-refractivity contribution in [3.05, 3.63) is 65.5 Å². The Labute approximate surface area is 296 Å². The Balaban J connectivity index is 0.981. The predicted octanol–water partition coefficient (Wildman–Crippen LogP) is 3.94. The van der Waals surface area contributed by atoms with E-state index < -0.39 is 0 Å². The minimum atomic E-state index is -0.280. The van der Waals surface area contributed by atoms with Gasteiger partial charge in [0, 0.05) is 59.2 Å². The van der Waals surface area contributed by atoms with E-state index in [2.05, 4.69) is 36.6 Å². The highest BCUT2D eigenvalue weighted by Crippen LogP contribution is 2.29.